The van der Waals surface area contributed by atoms with Crippen molar-refractivity contribution < 1.29 is 10.2 Å². The van der Waals surface area contributed by atoms with Gasteiger partial charge < -0.3 is 10.2 Å². The number of phenolic OH excluding ortho intramolecular Hbond substituents is 2. The summed E-state index contributed by atoms with van der Waals surface area (Å²) in [5, 5.41) is 19.5. The fourth-order valence-corrected chi connectivity index (χ4v) is 1.86. The third kappa shape index (κ3) is 5.21. The fraction of sp³-hybridized carbons (Fsp3) is 0.412. The Labute approximate surface area is 116 Å². The van der Waals surface area contributed by atoms with Crippen LogP contribution in [0.4, 0.5) is 0 Å². The third-order valence-corrected chi connectivity index (χ3v) is 3.16. The SMILES string of the molecule is CC(C)=CCCC(C)=CCc1cc(O)c(C)cc1O. The first-order chi connectivity index (χ1) is 8.90. The van der Waals surface area contributed by atoms with Gasteiger partial charge in [0, 0.05) is 5.56 Å². The van der Waals surface area contributed by atoms with Crippen molar-refractivity contribution in [1.82, 2.24) is 0 Å². The summed E-state index contributed by atoms with van der Waals surface area (Å²) in [4.78, 5) is 0. The van der Waals surface area contributed by atoms with E-state index >= 15 is 0 Å². The van der Waals surface area contributed by atoms with E-state index in [1.807, 2.05) is 0 Å². The monoisotopic (exact) mass is 260 g/mol. The summed E-state index contributed by atoms with van der Waals surface area (Å²) in [6.07, 6.45) is 7.08. The summed E-state index contributed by atoms with van der Waals surface area (Å²) in [6.45, 7) is 8.08. The van der Waals surface area contributed by atoms with E-state index in [0.29, 0.717) is 12.0 Å². The van der Waals surface area contributed by atoms with Crippen LogP contribution in [0.25, 0.3) is 0 Å². The first-order valence-corrected chi connectivity index (χ1v) is 6.70. The second-order valence-electron chi connectivity index (χ2n) is 5.34. The van der Waals surface area contributed by atoms with Crippen molar-refractivity contribution in [3.63, 3.8) is 0 Å². The Morgan fingerprint density at radius 1 is 1.05 bits per heavy atom. The Kier molecular flexibility index (Phi) is 5.68. The lowest BCUT2D eigenvalue weighted by atomic mass is 10.0. The van der Waals surface area contributed by atoms with Crippen molar-refractivity contribution in [3.8, 4) is 11.5 Å². The number of allylic oxidation sites excluding steroid dienone is 4. The highest BCUT2D eigenvalue weighted by atomic mass is 16.3. The first kappa shape index (κ1) is 15.4. The van der Waals surface area contributed by atoms with Gasteiger partial charge in [0.05, 0.1) is 0 Å². The zero-order chi connectivity index (χ0) is 14.4. The molecule has 104 valence electrons. The van der Waals surface area contributed by atoms with Crippen LogP contribution in [0.3, 0.4) is 0 Å². The molecule has 2 nitrogen and oxygen atoms in total. The molecule has 0 saturated carbocycles. The minimum atomic E-state index is 0.239. The lowest BCUT2D eigenvalue weighted by Crippen LogP contribution is -1.87. The van der Waals surface area contributed by atoms with Crippen LogP contribution in [0.15, 0.2) is 35.4 Å². The smallest absolute Gasteiger partial charge is 0.119 e. The van der Waals surface area contributed by atoms with E-state index < -0.39 is 0 Å². The fourth-order valence-electron chi connectivity index (χ4n) is 1.86. The van der Waals surface area contributed by atoms with Crippen LogP contribution in [0.2, 0.25) is 0 Å². The molecule has 0 radical (unpaired) electrons. The molecule has 1 aromatic rings. The average molecular weight is 260 g/mol. The van der Waals surface area contributed by atoms with Crippen molar-refractivity contribution in [2.24, 2.45) is 0 Å². The van der Waals surface area contributed by atoms with Gasteiger partial charge in [0.25, 0.3) is 0 Å². The largest absolute Gasteiger partial charge is 0.508 e. The highest BCUT2D eigenvalue weighted by Crippen LogP contribution is 2.27. The zero-order valence-electron chi connectivity index (χ0n) is 12.3. The quantitative estimate of drug-likeness (QED) is 0.598. The summed E-state index contributed by atoms with van der Waals surface area (Å²) in [5.74, 6) is 0.493. The first-order valence-electron chi connectivity index (χ1n) is 6.70. The summed E-state index contributed by atoms with van der Waals surface area (Å²) in [7, 11) is 0. The maximum absolute atomic E-state index is 9.83. The molecule has 2 N–H and O–H groups in total. The van der Waals surface area contributed by atoms with Crippen LogP contribution in [0.5, 0.6) is 11.5 Å². The molecule has 0 aliphatic carbocycles. The topological polar surface area (TPSA) is 40.5 Å². The van der Waals surface area contributed by atoms with Crippen molar-refractivity contribution >= 4 is 0 Å². The van der Waals surface area contributed by atoms with Crippen molar-refractivity contribution in [2.75, 3.05) is 0 Å². The van der Waals surface area contributed by atoms with Gasteiger partial charge >= 0.3 is 0 Å². The Morgan fingerprint density at radius 3 is 2.37 bits per heavy atom. The van der Waals surface area contributed by atoms with E-state index in [9.17, 15) is 10.2 Å². The van der Waals surface area contributed by atoms with Crippen LogP contribution >= 0.6 is 0 Å². The van der Waals surface area contributed by atoms with Crippen LogP contribution in [-0.4, -0.2) is 10.2 Å². The molecular weight excluding hydrogens is 236 g/mol. The molecule has 0 aromatic heterocycles. The number of aromatic hydroxyl groups is 2. The molecule has 2 heteroatoms. The third-order valence-electron chi connectivity index (χ3n) is 3.16. The molecular formula is C17H24O2. The molecule has 0 atom stereocenters. The van der Waals surface area contributed by atoms with Crippen molar-refractivity contribution in [3.05, 3.63) is 46.6 Å². The lowest BCUT2D eigenvalue weighted by Gasteiger charge is -2.06. The molecule has 1 aromatic carbocycles. The minimum Gasteiger partial charge on any atom is -0.508 e. The van der Waals surface area contributed by atoms with E-state index in [4.69, 9.17) is 0 Å². The predicted octanol–water partition coefficient (Wildman–Crippen LogP) is 4.64. The van der Waals surface area contributed by atoms with Gasteiger partial charge in [-0.25, -0.2) is 0 Å². The maximum Gasteiger partial charge on any atom is 0.119 e. The summed E-state index contributed by atoms with van der Waals surface area (Å²) < 4.78 is 0. The van der Waals surface area contributed by atoms with Crippen LogP contribution in [-0.2, 0) is 6.42 Å². The molecule has 0 aliphatic rings. The summed E-state index contributed by atoms with van der Waals surface area (Å²) in [5.41, 5.74) is 4.11. The maximum atomic E-state index is 9.83. The molecule has 0 spiro atoms. The van der Waals surface area contributed by atoms with E-state index in [0.717, 1.165) is 18.4 Å². The van der Waals surface area contributed by atoms with E-state index in [1.165, 1.54) is 11.1 Å². The van der Waals surface area contributed by atoms with Gasteiger partial charge in [-0.1, -0.05) is 23.3 Å². The Bertz CT molecular complexity index is 492. The number of benzene rings is 1. The number of aryl methyl sites for hydroxylation is 1. The van der Waals surface area contributed by atoms with E-state index in [-0.39, 0.29) is 11.5 Å². The number of hydrogen-bond donors (Lipinski definition) is 2. The van der Waals surface area contributed by atoms with Gasteiger partial charge in [0.2, 0.25) is 0 Å². The minimum absolute atomic E-state index is 0.239. The molecule has 0 amide bonds. The standard InChI is InChI=1S/C17H24O2/c1-12(2)6-5-7-13(3)8-9-15-11-16(18)14(4)10-17(15)19/h6,8,10-11,18-19H,5,7,9H2,1-4H3. The molecule has 0 saturated heterocycles. The molecule has 0 aliphatic heterocycles. The Balaban J connectivity index is 2.65. The van der Waals surface area contributed by atoms with Gasteiger partial charge in [-0.05, 0) is 64.7 Å². The van der Waals surface area contributed by atoms with Crippen LogP contribution in [0.1, 0.15) is 44.7 Å². The summed E-state index contributed by atoms with van der Waals surface area (Å²) >= 11 is 0. The molecule has 0 fully saturated rings. The Hall–Kier alpha value is -1.70. The van der Waals surface area contributed by atoms with E-state index in [1.54, 1.807) is 19.1 Å². The van der Waals surface area contributed by atoms with Crippen molar-refractivity contribution in [2.45, 2.75) is 47.0 Å². The highest BCUT2D eigenvalue weighted by molar-refractivity contribution is 5.45. The zero-order valence-corrected chi connectivity index (χ0v) is 12.3. The van der Waals surface area contributed by atoms with Gasteiger partial charge in [-0.3, -0.25) is 0 Å². The molecule has 0 heterocycles. The van der Waals surface area contributed by atoms with Gasteiger partial charge in [0.1, 0.15) is 11.5 Å². The van der Waals surface area contributed by atoms with Crippen LogP contribution in [0, 0.1) is 6.92 Å². The van der Waals surface area contributed by atoms with Gasteiger partial charge in [0.15, 0.2) is 0 Å². The normalized spacial score (nSPS) is 11.5. The second kappa shape index (κ2) is 7.03. The molecule has 1 rings (SSSR count). The number of phenols is 2. The highest BCUT2D eigenvalue weighted by Gasteiger charge is 2.04. The van der Waals surface area contributed by atoms with Gasteiger partial charge in [-0.15, -0.1) is 0 Å². The van der Waals surface area contributed by atoms with Gasteiger partial charge in [-0.2, -0.15) is 0 Å². The summed E-state index contributed by atoms with van der Waals surface area (Å²) in [6, 6.07) is 3.25. The number of rotatable bonds is 5. The Morgan fingerprint density at radius 2 is 1.74 bits per heavy atom. The second-order valence-corrected chi connectivity index (χ2v) is 5.34. The predicted molar refractivity (Wildman–Crippen MR) is 80.6 cm³/mol. The van der Waals surface area contributed by atoms with Crippen LogP contribution < -0.4 is 0 Å². The molecule has 0 bridgehead atoms. The van der Waals surface area contributed by atoms with Crippen molar-refractivity contribution in [1.29, 1.82) is 0 Å². The molecule has 0 unspecified atom stereocenters. The lowest BCUT2D eigenvalue weighted by molar-refractivity contribution is 0.452. The molecule has 19 heavy (non-hydrogen) atoms. The number of hydrogen-bond acceptors (Lipinski definition) is 2. The average Bonchev–Trinajstić information content (AvgIpc) is 2.31. The van der Waals surface area contributed by atoms with E-state index in [2.05, 4.69) is 32.9 Å².